The van der Waals surface area contributed by atoms with E-state index in [1.807, 2.05) is 0 Å². The molecule has 212 valence electrons. The average Bonchev–Trinajstić information content (AvgIpc) is 3.10. The van der Waals surface area contributed by atoms with Gasteiger partial charge >= 0.3 is 12.4 Å². The lowest BCUT2D eigenvalue weighted by molar-refractivity contribution is -0.149. The van der Waals surface area contributed by atoms with Crippen LogP contribution in [0.4, 0.5) is 37.7 Å². The van der Waals surface area contributed by atoms with Crippen LogP contribution in [0.15, 0.2) is 36.5 Å². The monoisotopic (exact) mass is 583 g/mol. The van der Waals surface area contributed by atoms with Gasteiger partial charge in [0.15, 0.2) is 10.8 Å². The maximum Gasteiger partial charge on any atom is 0.419 e. The summed E-state index contributed by atoms with van der Waals surface area (Å²) in [7, 11) is 0. The summed E-state index contributed by atoms with van der Waals surface area (Å²) in [5, 5.41) is 9.06. The molecule has 40 heavy (non-hydrogen) atoms. The van der Waals surface area contributed by atoms with Gasteiger partial charge in [0.05, 0.1) is 24.0 Å². The molecule has 0 unspecified atom stereocenters. The van der Waals surface area contributed by atoms with Gasteiger partial charge in [0.25, 0.3) is 5.91 Å². The highest BCUT2D eigenvalue weighted by Crippen LogP contribution is 2.48. The largest absolute Gasteiger partial charge is 0.490 e. The number of thiocarbonyl (C=S) groups is 1. The first-order valence-corrected chi connectivity index (χ1v) is 13.0. The van der Waals surface area contributed by atoms with Crippen LogP contribution in [0.5, 0.6) is 5.75 Å². The Hall–Kier alpha value is -3.44. The maximum absolute atomic E-state index is 13.6. The quantitative estimate of drug-likeness (QED) is 0.343. The third-order valence-electron chi connectivity index (χ3n) is 7.47. The number of carbonyl (C=O) groups excluding carboxylic acids is 1. The minimum absolute atomic E-state index is 0.00460. The molecule has 1 aromatic carbocycles. The fraction of sp³-hybridized carbons (Fsp3) is 0.462. The number of likely N-dealkylation sites (tertiary alicyclic amines) is 1. The molecular weight excluding hydrogens is 560 g/mol. The minimum atomic E-state index is -4.85. The molecule has 3 heterocycles. The molecule has 14 heteroatoms. The van der Waals surface area contributed by atoms with Gasteiger partial charge < -0.3 is 9.64 Å². The van der Waals surface area contributed by atoms with Crippen LogP contribution in [-0.4, -0.2) is 58.4 Å². The number of piperidine rings is 1. The van der Waals surface area contributed by atoms with Crippen molar-refractivity contribution in [2.75, 3.05) is 29.4 Å². The number of nitriles is 1. The lowest BCUT2D eigenvalue weighted by atomic mass is 9.75. The van der Waals surface area contributed by atoms with Gasteiger partial charge in [-0.15, -0.1) is 0 Å². The Kier molecular flexibility index (Phi) is 7.16. The Morgan fingerprint density at radius 1 is 1.07 bits per heavy atom. The van der Waals surface area contributed by atoms with Crippen LogP contribution in [0.2, 0.25) is 0 Å². The van der Waals surface area contributed by atoms with Crippen molar-refractivity contribution in [3.05, 3.63) is 47.8 Å². The van der Waals surface area contributed by atoms with Crippen molar-refractivity contribution in [2.24, 2.45) is 0 Å². The fourth-order valence-corrected chi connectivity index (χ4v) is 5.86. The number of amides is 1. The summed E-state index contributed by atoms with van der Waals surface area (Å²) in [6.45, 7) is -0.409. The average molecular weight is 584 g/mol. The molecule has 5 rings (SSSR count). The molecule has 2 aromatic rings. The summed E-state index contributed by atoms with van der Waals surface area (Å²) < 4.78 is 84.6. The summed E-state index contributed by atoms with van der Waals surface area (Å²) >= 11 is 5.60. The molecule has 0 bridgehead atoms. The van der Waals surface area contributed by atoms with Crippen molar-refractivity contribution in [2.45, 2.75) is 56.1 Å². The van der Waals surface area contributed by atoms with E-state index in [9.17, 15) is 31.1 Å². The lowest BCUT2D eigenvalue weighted by Crippen LogP contribution is -2.55. The molecule has 1 saturated carbocycles. The highest BCUT2D eigenvalue weighted by molar-refractivity contribution is 7.81. The second-order valence-corrected chi connectivity index (χ2v) is 10.4. The van der Waals surface area contributed by atoms with Gasteiger partial charge in [0.2, 0.25) is 0 Å². The Bertz CT molecular complexity index is 1350. The second kappa shape index (κ2) is 10.2. The number of rotatable bonds is 5. The van der Waals surface area contributed by atoms with E-state index in [1.165, 1.54) is 11.0 Å². The smallest absolute Gasteiger partial charge is 0.419 e. The number of halogens is 6. The SMILES string of the molecule is N#Cc1ncc(N2C(=O)C3(CCC3)N(c3ccc(OC4CCN(CC(F)(F)F)CC4)cc3)C2=S)cc1C(F)(F)F. The zero-order chi connectivity index (χ0) is 28.9. The van der Waals surface area contributed by atoms with Gasteiger partial charge in [-0.2, -0.15) is 31.6 Å². The molecular formula is C26H23F6N5O2S. The van der Waals surface area contributed by atoms with Crippen LogP contribution in [-0.2, 0) is 11.0 Å². The van der Waals surface area contributed by atoms with Crippen LogP contribution in [0.1, 0.15) is 43.4 Å². The van der Waals surface area contributed by atoms with Crippen LogP contribution < -0.4 is 14.5 Å². The molecule has 3 aliphatic rings. The molecule has 1 amide bonds. The third-order valence-corrected chi connectivity index (χ3v) is 7.84. The van der Waals surface area contributed by atoms with Gasteiger partial charge in [-0.1, -0.05) is 0 Å². The molecule has 7 nitrogen and oxygen atoms in total. The zero-order valence-corrected chi connectivity index (χ0v) is 21.7. The van der Waals surface area contributed by atoms with E-state index in [1.54, 1.807) is 29.2 Å². The Morgan fingerprint density at radius 2 is 1.73 bits per heavy atom. The summed E-state index contributed by atoms with van der Waals surface area (Å²) in [4.78, 5) is 21.2. The summed E-state index contributed by atoms with van der Waals surface area (Å²) in [6, 6.07) is 8.86. The molecule has 2 aliphatic heterocycles. The summed E-state index contributed by atoms with van der Waals surface area (Å²) in [6.07, 6.45) is -5.79. The van der Waals surface area contributed by atoms with Gasteiger partial charge in [-0.05, 0) is 74.7 Å². The van der Waals surface area contributed by atoms with Gasteiger partial charge in [-0.25, -0.2) is 4.98 Å². The highest BCUT2D eigenvalue weighted by atomic mass is 32.1. The molecule has 0 atom stereocenters. The number of hydrogen-bond acceptors (Lipinski definition) is 6. The van der Waals surface area contributed by atoms with Crippen molar-refractivity contribution in [3.63, 3.8) is 0 Å². The first-order valence-electron chi connectivity index (χ1n) is 12.5. The number of nitrogens with zero attached hydrogens (tertiary/aromatic N) is 5. The number of carbonyl (C=O) groups is 1. The lowest BCUT2D eigenvalue weighted by Gasteiger charge is -2.43. The predicted molar refractivity (Wildman–Crippen MR) is 136 cm³/mol. The van der Waals surface area contributed by atoms with Crippen molar-refractivity contribution in [1.82, 2.24) is 9.88 Å². The molecule has 1 aliphatic carbocycles. The standard InChI is InChI=1S/C26H23F6N5O2S/c27-25(28,29)15-35-10-6-19(7-11-35)39-18-4-2-16(3-5-18)37-23(40)36(22(38)24(37)8-1-9-24)17-12-20(26(30,31)32)21(13-33)34-14-17/h2-5,12,14,19H,1,6-11,15H2. The third kappa shape index (κ3) is 5.19. The van der Waals surface area contributed by atoms with Gasteiger partial charge in [-0.3, -0.25) is 14.6 Å². The molecule has 1 spiro atoms. The van der Waals surface area contributed by atoms with E-state index >= 15 is 0 Å². The van der Waals surface area contributed by atoms with Crippen molar-refractivity contribution >= 4 is 34.6 Å². The van der Waals surface area contributed by atoms with Crippen LogP contribution in [0.3, 0.4) is 0 Å². The van der Waals surface area contributed by atoms with Crippen molar-refractivity contribution in [3.8, 4) is 11.8 Å². The van der Waals surface area contributed by atoms with Crippen molar-refractivity contribution < 1.29 is 35.9 Å². The molecule has 0 radical (unpaired) electrons. The number of anilines is 2. The van der Waals surface area contributed by atoms with Gasteiger partial charge in [0.1, 0.15) is 23.5 Å². The van der Waals surface area contributed by atoms with Crippen LogP contribution >= 0.6 is 12.2 Å². The number of aromatic nitrogens is 1. The number of pyridine rings is 1. The minimum Gasteiger partial charge on any atom is -0.490 e. The Morgan fingerprint density at radius 3 is 2.25 bits per heavy atom. The van der Waals surface area contributed by atoms with Gasteiger partial charge in [0, 0.05) is 18.8 Å². The van der Waals surface area contributed by atoms with E-state index in [-0.39, 0.29) is 30.0 Å². The van der Waals surface area contributed by atoms with E-state index in [2.05, 4.69) is 4.98 Å². The second-order valence-electron chi connectivity index (χ2n) is 10.0. The normalized spacial score (nSPS) is 20.1. The highest BCUT2D eigenvalue weighted by Gasteiger charge is 2.59. The van der Waals surface area contributed by atoms with E-state index in [0.717, 1.165) is 17.5 Å². The number of benzene rings is 1. The Labute approximate surface area is 230 Å². The van der Waals surface area contributed by atoms with Crippen LogP contribution in [0.25, 0.3) is 0 Å². The summed E-state index contributed by atoms with van der Waals surface area (Å²) in [5.41, 5.74) is -2.73. The number of alkyl halides is 6. The topological polar surface area (TPSA) is 72.7 Å². The number of hydrogen-bond donors (Lipinski definition) is 0. The molecule has 1 aromatic heterocycles. The maximum atomic E-state index is 13.6. The van der Waals surface area contributed by atoms with Crippen LogP contribution in [0, 0.1) is 11.3 Å². The first kappa shape index (κ1) is 28.1. The van der Waals surface area contributed by atoms with Crippen molar-refractivity contribution in [1.29, 1.82) is 5.26 Å². The van der Waals surface area contributed by atoms with E-state index in [0.29, 0.717) is 43.2 Å². The fourth-order valence-electron chi connectivity index (χ4n) is 5.39. The van der Waals surface area contributed by atoms with E-state index in [4.69, 9.17) is 22.2 Å². The Balaban J connectivity index is 1.34. The van der Waals surface area contributed by atoms with E-state index < -0.39 is 41.6 Å². The zero-order valence-electron chi connectivity index (χ0n) is 20.9. The molecule has 2 saturated heterocycles. The predicted octanol–water partition coefficient (Wildman–Crippen LogP) is 5.44. The first-order chi connectivity index (χ1) is 18.8. The molecule has 0 N–H and O–H groups in total. The number of ether oxygens (including phenoxy) is 1. The molecule has 3 fully saturated rings. The summed E-state index contributed by atoms with van der Waals surface area (Å²) in [5.74, 6) is 0.0365.